The van der Waals surface area contributed by atoms with Gasteiger partial charge in [0.1, 0.15) is 5.75 Å². The summed E-state index contributed by atoms with van der Waals surface area (Å²) >= 11 is 12.3. The number of sulfonamides is 1. The van der Waals surface area contributed by atoms with Crippen LogP contribution in [-0.4, -0.2) is 87.1 Å². The molecule has 0 unspecified atom stereocenters. The predicted octanol–water partition coefficient (Wildman–Crippen LogP) is 5.29. The van der Waals surface area contributed by atoms with E-state index in [4.69, 9.17) is 32.7 Å². The summed E-state index contributed by atoms with van der Waals surface area (Å²) in [5, 5.41) is 11.1. The molecule has 9 nitrogen and oxygen atoms in total. The Morgan fingerprint density at radius 3 is 2.55 bits per heavy atom. The van der Waals surface area contributed by atoms with Crippen LogP contribution < -0.4 is 9.46 Å². The lowest BCUT2D eigenvalue weighted by molar-refractivity contribution is -0.0177. The molecule has 1 amide bonds. The van der Waals surface area contributed by atoms with Crippen LogP contribution in [0.1, 0.15) is 56.0 Å². The summed E-state index contributed by atoms with van der Waals surface area (Å²) in [4.78, 5) is 17.9. The monoisotopic (exact) mass is 643 g/mol. The van der Waals surface area contributed by atoms with E-state index in [1.807, 2.05) is 33.0 Å². The lowest BCUT2D eigenvalue weighted by atomic mass is 10.0. The number of ether oxygens (including phenoxy) is 2. The van der Waals surface area contributed by atoms with Gasteiger partial charge in [0.15, 0.2) is 0 Å². The first-order valence-electron chi connectivity index (χ1n) is 14.2. The molecule has 1 aliphatic rings. The second-order valence-corrected chi connectivity index (χ2v) is 13.9. The lowest BCUT2D eigenvalue weighted by Crippen LogP contribution is -2.47. The van der Waals surface area contributed by atoms with Crippen molar-refractivity contribution in [2.75, 3.05) is 44.3 Å². The molecule has 0 aromatic heterocycles. The predicted molar refractivity (Wildman–Crippen MR) is 168 cm³/mol. The minimum absolute atomic E-state index is 0.0947. The Balaban J connectivity index is 1.92. The molecule has 2 aromatic rings. The number of hydrogen-bond acceptors (Lipinski definition) is 7. The number of fused-ring (bicyclic) bond motifs is 1. The highest BCUT2D eigenvalue weighted by atomic mass is 35.5. The average Bonchev–Trinajstić information content (AvgIpc) is 2.91. The van der Waals surface area contributed by atoms with Crippen molar-refractivity contribution in [1.82, 2.24) is 9.80 Å². The number of benzene rings is 2. The molecule has 0 aliphatic carbocycles. The van der Waals surface area contributed by atoms with Crippen molar-refractivity contribution in [2.45, 2.75) is 64.8 Å². The number of nitrogens with zero attached hydrogens (tertiary/aromatic N) is 2. The molecule has 2 N–H and O–H groups in total. The van der Waals surface area contributed by atoms with Crippen molar-refractivity contribution in [2.24, 2.45) is 5.92 Å². The molecular formula is C30H43Cl2N3O6S. The van der Waals surface area contributed by atoms with E-state index in [1.54, 1.807) is 30.0 Å². The number of amides is 1. The quantitative estimate of drug-likeness (QED) is 0.402. The molecule has 0 spiro atoms. The van der Waals surface area contributed by atoms with Crippen LogP contribution in [0.15, 0.2) is 36.4 Å². The van der Waals surface area contributed by atoms with Crippen molar-refractivity contribution in [3.8, 4) is 5.75 Å². The summed E-state index contributed by atoms with van der Waals surface area (Å²) in [6.45, 7) is 7.65. The Morgan fingerprint density at radius 1 is 1.14 bits per heavy atom. The Hall–Kier alpha value is -2.08. The maximum Gasteiger partial charge on any atom is 0.258 e. The molecule has 12 heteroatoms. The molecule has 1 aliphatic heterocycles. The summed E-state index contributed by atoms with van der Waals surface area (Å²) in [5.74, 6) is -0.0777. The van der Waals surface area contributed by atoms with Crippen LogP contribution in [0.2, 0.25) is 10.0 Å². The second kappa shape index (κ2) is 15.6. The summed E-state index contributed by atoms with van der Waals surface area (Å²) in [7, 11) is -1.55. The smallest absolute Gasteiger partial charge is 0.258 e. The largest absolute Gasteiger partial charge is 0.490 e. The summed E-state index contributed by atoms with van der Waals surface area (Å²) in [6.07, 6.45) is 3.17. The first-order valence-corrected chi connectivity index (χ1v) is 16.9. The first kappa shape index (κ1) is 34.4. The molecule has 4 atom stereocenters. The van der Waals surface area contributed by atoms with Crippen LogP contribution in [0.4, 0.5) is 5.69 Å². The van der Waals surface area contributed by atoms with Gasteiger partial charge in [-0.15, -0.1) is 0 Å². The fourth-order valence-corrected chi connectivity index (χ4v) is 5.86. The number of anilines is 1. The third-order valence-corrected chi connectivity index (χ3v) is 8.63. The van der Waals surface area contributed by atoms with Gasteiger partial charge in [-0.1, -0.05) is 36.2 Å². The first-order chi connectivity index (χ1) is 19.8. The van der Waals surface area contributed by atoms with E-state index >= 15 is 0 Å². The topological polar surface area (TPSA) is 108 Å². The van der Waals surface area contributed by atoms with Gasteiger partial charge in [-0.05, 0) is 76.1 Å². The second-order valence-electron chi connectivity index (χ2n) is 11.3. The minimum Gasteiger partial charge on any atom is -0.490 e. The highest BCUT2D eigenvalue weighted by Crippen LogP contribution is 2.29. The van der Waals surface area contributed by atoms with Gasteiger partial charge in [-0.25, -0.2) is 8.42 Å². The molecule has 0 bridgehead atoms. The zero-order valence-corrected chi connectivity index (χ0v) is 27.3. The summed E-state index contributed by atoms with van der Waals surface area (Å²) in [5.41, 5.74) is 1.52. The normalized spacial score (nSPS) is 21.8. The Morgan fingerprint density at radius 2 is 1.88 bits per heavy atom. The molecule has 0 saturated carbocycles. The standard InChI is InChI=1S/C30H43Cl2N3O6S/c1-20-16-35(21(2)19-36)30(37)25-15-24(33-42(5,38)39)10-12-28(25)41-22(3)8-6-7-13-40-29(20)18-34(4)17-23-9-11-26(31)27(32)14-23/h9-12,14-15,20-22,29,33,36H,6-8,13,16-19H2,1-5H3/t20-,21+,22-,29+/m0/s1. The van der Waals surface area contributed by atoms with E-state index in [9.17, 15) is 18.3 Å². The summed E-state index contributed by atoms with van der Waals surface area (Å²) < 4.78 is 38.9. The van der Waals surface area contributed by atoms with E-state index < -0.39 is 16.1 Å². The number of aliphatic hydroxyl groups is 1. The molecule has 0 saturated heterocycles. The lowest BCUT2D eigenvalue weighted by Gasteiger charge is -2.36. The van der Waals surface area contributed by atoms with E-state index in [-0.39, 0.29) is 41.9 Å². The van der Waals surface area contributed by atoms with Gasteiger partial charge >= 0.3 is 0 Å². The van der Waals surface area contributed by atoms with Crippen LogP contribution in [0.25, 0.3) is 0 Å². The molecule has 0 radical (unpaired) electrons. The van der Waals surface area contributed by atoms with Gasteiger partial charge in [-0.3, -0.25) is 14.4 Å². The van der Waals surface area contributed by atoms with Gasteiger partial charge in [0.05, 0.1) is 46.7 Å². The van der Waals surface area contributed by atoms with Gasteiger partial charge in [0.25, 0.3) is 5.91 Å². The summed E-state index contributed by atoms with van der Waals surface area (Å²) in [6, 6.07) is 9.79. The van der Waals surface area contributed by atoms with E-state index in [2.05, 4.69) is 9.62 Å². The maximum absolute atomic E-state index is 14.1. The van der Waals surface area contributed by atoms with E-state index in [0.29, 0.717) is 42.0 Å². The van der Waals surface area contributed by atoms with Gasteiger partial charge in [0.2, 0.25) is 10.0 Å². The number of hydrogen-bond donors (Lipinski definition) is 2. The third-order valence-electron chi connectivity index (χ3n) is 7.28. The van der Waals surface area contributed by atoms with E-state index in [0.717, 1.165) is 31.1 Å². The van der Waals surface area contributed by atoms with E-state index in [1.165, 1.54) is 6.07 Å². The van der Waals surface area contributed by atoms with Crippen molar-refractivity contribution in [1.29, 1.82) is 0 Å². The molecule has 3 rings (SSSR count). The Bertz CT molecular complexity index is 1310. The molecule has 42 heavy (non-hydrogen) atoms. The molecule has 2 aromatic carbocycles. The number of aliphatic hydroxyl groups excluding tert-OH is 1. The zero-order chi connectivity index (χ0) is 31.0. The Labute approximate surface area is 260 Å². The molecule has 1 heterocycles. The third kappa shape index (κ3) is 10.3. The van der Waals surface area contributed by atoms with Crippen LogP contribution in [-0.2, 0) is 21.3 Å². The zero-order valence-electron chi connectivity index (χ0n) is 25.0. The van der Waals surface area contributed by atoms with Gasteiger partial charge in [-0.2, -0.15) is 0 Å². The van der Waals surface area contributed by atoms with Crippen molar-refractivity contribution >= 4 is 44.8 Å². The highest BCUT2D eigenvalue weighted by molar-refractivity contribution is 7.92. The number of carbonyl (C=O) groups is 1. The number of carbonyl (C=O) groups excluding carboxylic acids is 1. The van der Waals surface area contributed by atoms with Crippen LogP contribution >= 0.6 is 23.2 Å². The fraction of sp³-hybridized carbons (Fsp3) is 0.567. The van der Waals surface area contributed by atoms with Crippen LogP contribution in [0.5, 0.6) is 5.75 Å². The highest BCUT2D eigenvalue weighted by Gasteiger charge is 2.30. The molecule has 234 valence electrons. The van der Waals surface area contributed by atoms with Crippen LogP contribution in [0.3, 0.4) is 0 Å². The molecule has 0 fully saturated rings. The maximum atomic E-state index is 14.1. The van der Waals surface area contributed by atoms with Gasteiger partial charge in [0, 0.05) is 37.8 Å². The number of likely N-dealkylation sites (N-methyl/N-ethyl adjacent to an activating group) is 1. The SMILES string of the molecule is C[C@H](CO)N1C[C@H](C)[C@@H](CN(C)Cc2ccc(Cl)c(Cl)c2)OCCCC[C@H](C)Oc2ccc(NS(C)(=O)=O)cc2C1=O. The number of nitrogens with one attached hydrogen (secondary N) is 1. The van der Waals surface area contributed by atoms with Crippen molar-refractivity contribution < 1.29 is 27.8 Å². The van der Waals surface area contributed by atoms with Gasteiger partial charge < -0.3 is 19.5 Å². The molecular weight excluding hydrogens is 601 g/mol. The number of rotatable bonds is 8. The number of halogens is 2. The average molecular weight is 645 g/mol. The Kier molecular flexibility index (Phi) is 12.8. The minimum atomic E-state index is -3.56. The van der Waals surface area contributed by atoms with Crippen molar-refractivity contribution in [3.05, 3.63) is 57.6 Å². The fourth-order valence-electron chi connectivity index (χ4n) is 4.98. The van der Waals surface area contributed by atoms with Crippen LogP contribution in [0, 0.1) is 5.92 Å². The van der Waals surface area contributed by atoms with Crippen molar-refractivity contribution in [3.63, 3.8) is 0 Å².